The Morgan fingerprint density at radius 1 is 0.875 bits per heavy atom. The minimum Gasteiger partial charge on any atom is -0.298 e. The van der Waals surface area contributed by atoms with E-state index in [9.17, 15) is 4.79 Å². The van der Waals surface area contributed by atoms with Crippen LogP contribution in [0.3, 0.4) is 0 Å². The number of aldehydes is 1. The van der Waals surface area contributed by atoms with Gasteiger partial charge in [0.15, 0.2) is 0 Å². The molecule has 0 aromatic heterocycles. The second-order valence-corrected chi connectivity index (χ2v) is 2.53. The molecule has 0 fully saturated rings. The molecule has 0 spiro atoms. The van der Waals surface area contributed by atoms with E-state index in [1.54, 1.807) is 12.1 Å². The van der Waals surface area contributed by atoms with E-state index >= 15 is 0 Å². The molecule has 16 heavy (non-hydrogen) atoms. The SMILES string of the molecule is CC.CC.CCCC.O=Cc1ccccc1. The Labute approximate surface area is 102 Å². The molecular weight excluding hydrogens is 196 g/mol. The van der Waals surface area contributed by atoms with Crippen molar-refractivity contribution in [2.24, 2.45) is 0 Å². The molecule has 1 heteroatoms. The van der Waals surface area contributed by atoms with Gasteiger partial charge >= 0.3 is 0 Å². The number of carbonyl (C=O) groups is 1. The lowest BCUT2D eigenvalue weighted by Crippen LogP contribution is -1.73. The lowest BCUT2D eigenvalue weighted by molar-refractivity contribution is 0.112. The van der Waals surface area contributed by atoms with Crippen LogP contribution < -0.4 is 0 Å². The van der Waals surface area contributed by atoms with Gasteiger partial charge < -0.3 is 0 Å². The van der Waals surface area contributed by atoms with Gasteiger partial charge in [0, 0.05) is 5.56 Å². The molecule has 1 aromatic rings. The molecule has 0 unspecified atom stereocenters. The van der Waals surface area contributed by atoms with Crippen LogP contribution in [0.1, 0.15) is 64.7 Å². The third-order valence-electron chi connectivity index (χ3n) is 1.44. The highest BCUT2D eigenvalue weighted by atomic mass is 16.1. The average Bonchev–Trinajstić information content (AvgIpc) is 2.44. The summed E-state index contributed by atoms with van der Waals surface area (Å²) in [6.07, 6.45) is 3.47. The van der Waals surface area contributed by atoms with Crippen LogP contribution in [0, 0.1) is 0 Å². The molecule has 0 aliphatic carbocycles. The van der Waals surface area contributed by atoms with Gasteiger partial charge in [-0.2, -0.15) is 0 Å². The number of unbranched alkanes of at least 4 members (excludes halogenated alkanes) is 1. The van der Waals surface area contributed by atoms with Crippen LogP contribution in [-0.4, -0.2) is 6.29 Å². The number of rotatable bonds is 2. The Morgan fingerprint density at radius 3 is 1.44 bits per heavy atom. The second kappa shape index (κ2) is 23.6. The van der Waals surface area contributed by atoms with Crippen LogP contribution >= 0.6 is 0 Å². The summed E-state index contributed by atoms with van der Waals surface area (Å²) >= 11 is 0. The monoisotopic (exact) mass is 224 g/mol. The van der Waals surface area contributed by atoms with E-state index in [1.807, 2.05) is 45.9 Å². The lowest BCUT2D eigenvalue weighted by atomic mass is 10.2. The largest absolute Gasteiger partial charge is 0.298 e. The van der Waals surface area contributed by atoms with Crippen molar-refractivity contribution in [3.05, 3.63) is 35.9 Å². The Kier molecular flexibility index (Phi) is 30.0. The van der Waals surface area contributed by atoms with Gasteiger partial charge in [-0.15, -0.1) is 0 Å². The zero-order valence-electron chi connectivity index (χ0n) is 11.8. The quantitative estimate of drug-likeness (QED) is 0.618. The summed E-state index contributed by atoms with van der Waals surface area (Å²) in [5, 5.41) is 0. The summed E-state index contributed by atoms with van der Waals surface area (Å²) in [5.41, 5.74) is 0.729. The summed E-state index contributed by atoms with van der Waals surface area (Å²) in [7, 11) is 0. The number of hydrogen-bond acceptors (Lipinski definition) is 1. The Bertz CT molecular complexity index is 190. The average molecular weight is 224 g/mol. The molecule has 0 saturated carbocycles. The maximum absolute atomic E-state index is 10.0. The maximum Gasteiger partial charge on any atom is 0.150 e. The van der Waals surface area contributed by atoms with Crippen LogP contribution in [0.5, 0.6) is 0 Å². The normalized spacial score (nSPS) is 6.88. The topological polar surface area (TPSA) is 17.1 Å². The van der Waals surface area contributed by atoms with Crippen molar-refractivity contribution >= 4 is 6.29 Å². The van der Waals surface area contributed by atoms with Crippen molar-refractivity contribution in [3.63, 3.8) is 0 Å². The fraction of sp³-hybridized carbons (Fsp3) is 0.533. The van der Waals surface area contributed by atoms with E-state index in [4.69, 9.17) is 0 Å². The predicted octanol–water partition coefficient (Wildman–Crippen LogP) is 5.36. The molecule has 0 aliphatic rings. The fourth-order valence-corrected chi connectivity index (χ4v) is 0.532. The summed E-state index contributed by atoms with van der Waals surface area (Å²) in [6.45, 7) is 12.4. The van der Waals surface area contributed by atoms with Crippen LogP contribution in [0.2, 0.25) is 0 Å². The summed E-state index contributed by atoms with van der Waals surface area (Å²) in [4.78, 5) is 10.0. The van der Waals surface area contributed by atoms with Crippen molar-refractivity contribution < 1.29 is 4.79 Å². The zero-order valence-corrected chi connectivity index (χ0v) is 11.8. The van der Waals surface area contributed by atoms with Crippen molar-refractivity contribution in [3.8, 4) is 0 Å². The highest BCUT2D eigenvalue weighted by Gasteiger charge is 1.79. The molecule has 0 radical (unpaired) electrons. The van der Waals surface area contributed by atoms with Crippen LogP contribution in [0.25, 0.3) is 0 Å². The second-order valence-electron chi connectivity index (χ2n) is 2.53. The first kappa shape index (κ1) is 20.3. The van der Waals surface area contributed by atoms with Crippen molar-refractivity contribution in [1.82, 2.24) is 0 Å². The van der Waals surface area contributed by atoms with E-state index in [2.05, 4.69) is 13.8 Å². The minimum absolute atomic E-state index is 0.729. The van der Waals surface area contributed by atoms with E-state index in [0.717, 1.165) is 11.8 Å². The lowest BCUT2D eigenvalue weighted by Gasteiger charge is -1.81. The van der Waals surface area contributed by atoms with Gasteiger partial charge in [-0.05, 0) is 0 Å². The zero-order chi connectivity index (χ0) is 13.2. The van der Waals surface area contributed by atoms with Crippen LogP contribution in [0.4, 0.5) is 0 Å². The third kappa shape index (κ3) is 18.6. The summed E-state index contributed by atoms with van der Waals surface area (Å²) < 4.78 is 0. The van der Waals surface area contributed by atoms with Crippen LogP contribution in [-0.2, 0) is 0 Å². The molecular formula is C15H28O. The van der Waals surface area contributed by atoms with Crippen molar-refractivity contribution in [2.45, 2.75) is 54.4 Å². The summed E-state index contributed by atoms with van der Waals surface area (Å²) in [6, 6.07) is 9.10. The van der Waals surface area contributed by atoms with Gasteiger partial charge in [0.1, 0.15) is 6.29 Å². The fourth-order valence-electron chi connectivity index (χ4n) is 0.532. The smallest absolute Gasteiger partial charge is 0.150 e. The van der Waals surface area contributed by atoms with Crippen LogP contribution in [0.15, 0.2) is 30.3 Å². The Balaban J connectivity index is -0.000000181. The number of benzene rings is 1. The minimum atomic E-state index is 0.729. The highest BCUT2D eigenvalue weighted by molar-refractivity contribution is 5.74. The summed E-state index contributed by atoms with van der Waals surface area (Å²) in [5.74, 6) is 0. The first-order valence-corrected chi connectivity index (χ1v) is 6.35. The van der Waals surface area contributed by atoms with Gasteiger partial charge in [0.05, 0.1) is 0 Å². The highest BCUT2D eigenvalue weighted by Crippen LogP contribution is 1.91. The van der Waals surface area contributed by atoms with Gasteiger partial charge in [-0.3, -0.25) is 4.79 Å². The van der Waals surface area contributed by atoms with E-state index < -0.39 is 0 Å². The van der Waals surface area contributed by atoms with E-state index in [-0.39, 0.29) is 0 Å². The third-order valence-corrected chi connectivity index (χ3v) is 1.44. The Morgan fingerprint density at radius 2 is 1.25 bits per heavy atom. The molecule has 0 heterocycles. The molecule has 0 aliphatic heterocycles. The first-order valence-electron chi connectivity index (χ1n) is 6.35. The molecule has 0 amide bonds. The van der Waals surface area contributed by atoms with E-state index in [1.165, 1.54) is 12.8 Å². The maximum atomic E-state index is 10.0. The molecule has 94 valence electrons. The molecule has 0 saturated heterocycles. The molecule has 0 bridgehead atoms. The van der Waals surface area contributed by atoms with E-state index in [0.29, 0.717) is 0 Å². The van der Waals surface area contributed by atoms with Gasteiger partial charge in [0.2, 0.25) is 0 Å². The number of hydrogen-bond donors (Lipinski definition) is 0. The standard InChI is InChI=1S/C7H6O.C4H10.2C2H6/c8-6-7-4-2-1-3-5-7;1-3-4-2;2*1-2/h1-6H;3-4H2,1-2H3;2*1-2H3. The molecule has 0 atom stereocenters. The van der Waals surface area contributed by atoms with Gasteiger partial charge in [-0.1, -0.05) is 84.7 Å². The number of carbonyl (C=O) groups excluding carboxylic acids is 1. The first-order chi connectivity index (χ1) is 7.85. The molecule has 1 rings (SSSR count). The van der Waals surface area contributed by atoms with Crippen molar-refractivity contribution in [2.75, 3.05) is 0 Å². The van der Waals surface area contributed by atoms with Gasteiger partial charge in [-0.25, -0.2) is 0 Å². The molecule has 1 nitrogen and oxygen atoms in total. The predicted molar refractivity (Wildman–Crippen MR) is 75.1 cm³/mol. The molecule has 1 aromatic carbocycles. The van der Waals surface area contributed by atoms with Gasteiger partial charge in [0.25, 0.3) is 0 Å². The van der Waals surface area contributed by atoms with Crippen molar-refractivity contribution in [1.29, 1.82) is 0 Å². The molecule has 0 N–H and O–H groups in total. The Hall–Kier alpha value is -1.11.